The van der Waals surface area contributed by atoms with Crippen molar-refractivity contribution in [2.75, 3.05) is 0 Å². The molecule has 0 amide bonds. The van der Waals surface area contributed by atoms with Gasteiger partial charge in [-0.1, -0.05) is 25.5 Å². The van der Waals surface area contributed by atoms with Gasteiger partial charge in [0.25, 0.3) is 0 Å². The molecule has 1 heteroatoms. The van der Waals surface area contributed by atoms with Gasteiger partial charge in [-0.2, -0.15) is 0 Å². The summed E-state index contributed by atoms with van der Waals surface area (Å²) in [6.45, 7) is 4.41. The highest BCUT2D eigenvalue weighted by atomic mass is 14.7. The van der Waals surface area contributed by atoms with Gasteiger partial charge in [-0.3, -0.25) is 0 Å². The molecule has 0 bridgehead atoms. The van der Waals surface area contributed by atoms with Crippen molar-refractivity contribution in [3.05, 3.63) is 11.6 Å². The average molecular weight is 125 g/mol. The third kappa shape index (κ3) is 1.83. The highest BCUT2D eigenvalue weighted by molar-refractivity contribution is 5.15. The molecule has 52 valence electrons. The molecule has 0 aromatic carbocycles. The first-order valence-electron chi connectivity index (χ1n) is 3.63. The molecule has 0 radical (unpaired) electrons. The Labute approximate surface area is 56.9 Å². The Bertz CT molecular complexity index is 117. The molecule has 9 heavy (non-hydrogen) atoms. The van der Waals surface area contributed by atoms with E-state index >= 15 is 0 Å². The summed E-state index contributed by atoms with van der Waals surface area (Å²) in [4.78, 5) is 0. The number of hydrogen-bond donors (Lipinski definition) is 1. The van der Waals surface area contributed by atoms with Gasteiger partial charge in [0.15, 0.2) is 0 Å². The molecule has 0 aromatic heterocycles. The summed E-state index contributed by atoms with van der Waals surface area (Å²) in [5, 5.41) is 0. The van der Waals surface area contributed by atoms with E-state index in [1.807, 2.05) is 0 Å². The molecule has 1 fully saturated rings. The van der Waals surface area contributed by atoms with Crippen molar-refractivity contribution >= 4 is 0 Å². The van der Waals surface area contributed by atoms with Crippen LogP contribution in [0.5, 0.6) is 0 Å². The lowest BCUT2D eigenvalue weighted by atomic mass is 9.85. The quantitative estimate of drug-likeness (QED) is 0.530. The van der Waals surface area contributed by atoms with E-state index in [2.05, 4.69) is 19.9 Å². The van der Waals surface area contributed by atoms with Crippen LogP contribution >= 0.6 is 0 Å². The summed E-state index contributed by atoms with van der Waals surface area (Å²) in [6.07, 6.45) is 4.60. The number of nitrogens with two attached hydrogens (primary N) is 1. The molecule has 0 saturated heterocycles. The molecule has 0 spiro atoms. The first-order chi connectivity index (χ1) is 4.18. The Balaban J connectivity index is 2.30. The summed E-state index contributed by atoms with van der Waals surface area (Å²) in [5.74, 6) is 0.701. The predicted octanol–water partition coefficient (Wildman–Crippen LogP) is 1.69. The minimum atomic E-state index is 0.468. The molecule has 0 atom stereocenters. The molecule has 0 aromatic rings. The SMILES string of the molecule is CC(C)C=C1CC(N)C1. The van der Waals surface area contributed by atoms with Crippen molar-refractivity contribution < 1.29 is 0 Å². The van der Waals surface area contributed by atoms with Crippen LogP contribution in [0, 0.1) is 5.92 Å². The largest absolute Gasteiger partial charge is 0.327 e. The van der Waals surface area contributed by atoms with Gasteiger partial charge in [0.2, 0.25) is 0 Å². The number of hydrogen-bond acceptors (Lipinski definition) is 1. The maximum Gasteiger partial charge on any atom is 0.0113 e. The van der Waals surface area contributed by atoms with E-state index in [0.29, 0.717) is 12.0 Å². The van der Waals surface area contributed by atoms with Crippen molar-refractivity contribution in [1.29, 1.82) is 0 Å². The van der Waals surface area contributed by atoms with Gasteiger partial charge in [0.1, 0.15) is 0 Å². The van der Waals surface area contributed by atoms with Crippen LogP contribution < -0.4 is 5.73 Å². The summed E-state index contributed by atoms with van der Waals surface area (Å²) in [6, 6.07) is 0.468. The van der Waals surface area contributed by atoms with Crippen molar-refractivity contribution in [3.63, 3.8) is 0 Å². The van der Waals surface area contributed by atoms with E-state index < -0.39 is 0 Å². The van der Waals surface area contributed by atoms with Gasteiger partial charge in [0.05, 0.1) is 0 Å². The van der Waals surface area contributed by atoms with Crippen molar-refractivity contribution in [3.8, 4) is 0 Å². The zero-order chi connectivity index (χ0) is 6.85. The van der Waals surface area contributed by atoms with Crippen molar-refractivity contribution in [1.82, 2.24) is 0 Å². The van der Waals surface area contributed by atoms with Crippen LogP contribution in [0.2, 0.25) is 0 Å². The third-order valence-electron chi connectivity index (χ3n) is 1.62. The number of rotatable bonds is 1. The lowest BCUT2D eigenvalue weighted by Gasteiger charge is -2.25. The Hall–Kier alpha value is -0.300. The minimum Gasteiger partial charge on any atom is -0.327 e. The summed E-state index contributed by atoms with van der Waals surface area (Å²) >= 11 is 0. The van der Waals surface area contributed by atoms with Crippen LogP contribution in [-0.2, 0) is 0 Å². The Morgan fingerprint density at radius 2 is 2.11 bits per heavy atom. The normalized spacial score (nSPS) is 26.2. The van der Waals surface area contributed by atoms with E-state index in [4.69, 9.17) is 5.73 Å². The van der Waals surface area contributed by atoms with Crippen molar-refractivity contribution in [2.45, 2.75) is 32.7 Å². The Morgan fingerprint density at radius 3 is 2.44 bits per heavy atom. The Morgan fingerprint density at radius 1 is 1.56 bits per heavy atom. The molecule has 1 aliphatic rings. The van der Waals surface area contributed by atoms with E-state index in [9.17, 15) is 0 Å². The zero-order valence-corrected chi connectivity index (χ0v) is 6.22. The maximum atomic E-state index is 5.60. The maximum absolute atomic E-state index is 5.60. The van der Waals surface area contributed by atoms with Gasteiger partial charge in [-0.15, -0.1) is 0 Å². The first kappa shape index (κ1) is 6.81. The molecule has 2 N–H and O–H groups in total. The molecule has 0 aliphatic heterocycles. The summed E-state index contributed by atoms with van der Waals surface area (Å²) in [7, 11) is 0. The second kappa shape index (κ2) is 2.53. The Kier molecular flexibility index (Phi) is 1.91. The van der Waals surface area contributed by atoms with Gasteiger partial charge in [-0.25, -0.2) is 0 Å². The fourth-order valence-corrected chi connectivity index (χ4v) is 1.22. The lowest BCUT2D eigenvalue weighted by molar-refractivity contribution is 0.533. The molecule has 0 heterocycles. The first-order valence-corrected chi connectivity index (χ1v) is 3.63. The number of allylic oxidation sites excluding steroid dienone is 1. The van der Waals surface area contributed by atoms with Gasteiger partial charge >= 0.3 is 0 Å². The fraction of sp³-hybridized carbons (Fsp3) is 0.750. The highest BCUT2D eigenvalue weighted by Gasteiger charge is 2.17. The molecule has 1 nitrogen and oxygen atoms in total. The standard InChI is InChI=1S/C8H15N/c1-6(2)3-7-4-8(9)5-7/h3,6,8H,4-5,9H2,1-2H3. The van der Waals surface area contributed by atoms with Crippen LogP contribution in [0.25, 0.3) is 0 Å². The molecule has 0 unspecified atom stereocenters. The van der Waals surface area contributed by atoms with E-state index in [1.165, 1.54) is 0 Å². The smallest absolute Gasteiger partial charge is 0.0113 e. The predicted molar refractivity (Wildman–Crippen MR) is 40.1 cm³/mol. The highest BCUT2D eigenvalue weighted by Crippen LogP contribution is 2.25. The van der Waals surface area contributed by atoms with Gasteiger partial charge < -0.3 is 5.73 Å². The van der Waals surface area contributed by atoms with E-state index in [1.54, 1.807) is 5.57 Å². The van der Waals surface area contributed by atoms with Crippen LogP contribution in [0.1, 0.15) is 26.7 Å². The molecule has 1 rings (SSSR count). The molecule has 1 aliphatic carbocycles. The summed E-state index contributed by atoms with van der Waals surface area (Å²) < 4.78 is 0. The monoisotopic (exact) mass is 125 g/mol. The molecule has 1 saturated carbocycles. The minimum absolute atomic E-state index is 0.468. The van der Waals surface area contributed by atoms with Crippen molar-refractivity contribution in [2.24, 2.45) is 11.7 Å². The third-order valence-corrected chi connectivity index (χ3v) is 1.62. The molecular formula is C8H15N. The average Bonchev–Trinajstić information content (AvgIpc) is 1.60. The second-order valence-electron chi connectivity index (χ2n) is 3.24. The topological polar surface area (TPSA) is 26.0 Å². The molecular weight excluding hydrogens is 110 g/mol. The van der Waals surface area contributed by atoms with Crippen LogP contribution in [0.3, 0.4) is 0 Å². The zero-order valence-electron chi connectivity index (χ0n) is 6.22. The second-order valence-corrected chi connectivity index (χ2v) is 3.24. The lowest BCUT2D eigenvalue weighted by Crippen LogP contribution is -2.30. The van der Waals surface area contributed by atoms with Crippen LogP contribution in [0.15, 0.2) is 11.6 Å². The summed E-state index contributed by atoms with van der Waals surface area (Å²) in [5.41, 5.74) is 7.16. The van der Waals surface area contributed by atoms with Crippen LogP contribution in [0.4, 0.5) is 0 Å². The van der Waals surface area contributed by atoms with E-state index in [-0.39, 0.29) is 0 Å². The van der Waals surface area contributed by atoms with Crippen LogP contribution in [-0.4, -0.2) is 6.04 Å². The van der Waals surface area contributed by atoms with E-state index in [0.717, 1.165) is 12.8 Å². The van der Waals surface area contributed by atoms with Gasteiger partial charge in [0, 0.05) is 6.04 Å². The fourth-order valence-electron chi connectivity index (χ4n) is 1.22. The van der Waals surface area contributed by atoms with Gasteiger partial charge in [-0.05, 0) is 18.8 Å².